The molecule has 0 saturated heterocycles. The van der Waals surface area contributed by atoms with Crippen LogP contribution in [-0.4, -0.2) is 26.0 Å². The van der Waals surface area contributed by atoms with Crippen LogP contribution >= 0.6 is 0 Å². The fourth-order valence-corrected chi connectivity index (χ4v) is 4.11. The van der Waals surface area contributed by atoms with Crippen LogP contribution in [0.4, 0.5) is 0 Å². The van der Waals surface area contributed by atoms with Crippen molar-refractivity contribution in [1.29, 1.82) is 0 Å². The molecule has 4 nitrogen and oxygen atoms in total. The fraction of sp³-hybridized carbons (Fsp3) is 1.00. The minimum atomic E-state index is -2.82. The van der Waals surface area contributed by atoms with Gasteiger partial charge in [0.25, 0.3) is 0 Å². The van der Waals surface area contributed by atoms with E-state index in [-0.39, 0.29) is 5.75 Å². The lowest BCUT2D eigenvalue weighted by Crippen LogP contribution is -2.40. The quantitative estimate of drug-likeness (QED) is 0.531. The predicted molar refractivity (Wildman–Crippen MR) is 69.0 cm³/mol. The molecular weight excluding hydrogens is 236 g/mol. The number of hydrogen-bond acceptors (Lipinski definition) is 4. The zero-order valence-electron chi connectivity index (χ0n) is 10.6. The largest absolute Gasteiger partial charge is 0.271 e. The number of nitrogens with two attached hydrogens (primary N) is 1. The Morgan fingerprint density at radius 3 is 2.47 bits per heavy atom. The summed E-state index contributed by atoms with van der Waals surface area (Å²) >= 11 is 0. The highest BCUT2D eigenvalue weighted by atomic mass is 32.2. The number of rotatable bonds is 7. The summed E-state index contributed by atoms with van der Waals surface area (Å²) in [6.45, 7) is 1.71. The molecule has 100 valence electrons. The van der Waals surface area contributed by atoms with Gasteiger partial charge < -0.3 is 0 Å². The van der Waals surface area contributed by atoms with E-state index in [0.29, 0.717) is 17.7 Å². The minimum absolute atomic E-state index is 0.251. The molecule has 0 spiro atoms. The van der Waals surface area contributed by atoms with Crippen molar-refractivity contribution in [2.24, 2.45) is 23.6 Å². The van der Waals surface area contributed by atoms with Crippen LogP contribution in [0.2, 0.25) is 0 Å². The van der Waals surface area contributed by atoms with Gasteiger partial charge in [-0.25, -0.2) is 8.42 Å². The molecule has 0 aromatic carbocycles. The second kappa shape index (κ2) is 5.24. The molecule has 0 bridgehead atoms. The zero-order chi connectivity index (χ0) is 12.5. The van der Waals surface area contributed by atoms with Crippen molar-refractivity contribution < 1.29 is 8.42 Å². The maximum Gasteiger partial charge on any atom is 0.150 e. The smallest absolute Gasteiger partial charge is 0.150 e. The summed E-state index contributed by atoms with van der Waals surface area (Å²) in [5.41, 5.74) is 2.89. The van der Waals surface area contributed by atoms with Crippen molar-refractivity contribution in [3.8, 4) is 0 Å². The third-order valence-electron chi connectivity index (χ3n) is 4.47. The summed E-state index contributed by atoms with van der Waals surface area (Å²) in [6.07, 6.45) is 5.62. The van der Waals surface area contributed by atoms with Gasteiger partial charge in [0, 0.05) is 11.8 Å². The average Bonchev–Trinajstić information content (AvgIpc) is 2.92. The molecule has 2 saturated carbocycles. The SMILES string of the molecule is CCS(=O)(=O)CCCC(NN)C1CC2CC2C1. The van der Waals surface area contributed by atoms with Gasteiger partial charge in [-0.05, 0) is 49.9 Å². The maximum absolute atomic E-state index is 11.4. The van der Waals surface area contributed by atoms with Gasteiger partial charge in [-0.1, -0.05) is 6.92 Å². The summed E-state index contributed by atoms with van der Waals surface area (Å²) in [7, 11) is -2.82. The summed E-state index contributed by atoms with van der Waals surface area (Å²) in [6, 6.07) is 0.315. The Kier molecular flexibility index (Phi) is 4.10. The van der Waals surface area contributed by atoms with Gasteiger partial charge >= 0.3 is 0 Å². The Balaban J connectivity index is 1.72. The highest BCUT2D eigenvalue weighted by Crippen LogP contribution is 2.55. The third kappa shape index (κ3) is 3.42. The second-order valence-electron chi connectivity index (χ2n) is 5.64. The lowest BCUT2D eigenvalue weighted by molar-refractivity contribution is 0.320. The molecule has 17 heavy (non-hydrogen) atoms. The van der Waals surface area contributed by atoms with Gasteiger partial charge in [0.05, 0.1) is 5.75 Å². The summed E-state index contributed by atoms with van der Waals surface area (Å²) in [5.74, 6) is 8.74. The summed E-state index contributed by atoms with van der Waals surface area (Å²) in [5, 5.41) is 0. The Hall–Kier alpha value is -0.130. The summed E-state index contributed by atoms with van der Waals surface area (Å²) in [4.78, 5) is 0. The number of nitrogens with one attached hydrogen (secondary N) is 1. The van der Waals surface area contributed by atoms with E-state index < -0.39 is 9.84 Å². The van der Waals surface area contributed by atoms with E-state index in [4.69, 9.17) is 5.84 Å². The molecule has 0 radical (unpaired) electrons. The Bertz CT molecular complexity index is 346. The first-order valence-electron chi connectivity index (χ1n) is 6.72. The number of sulfone groups is 1. The van der Waals surface area contributed by atoms with Crippen LogP contribution in [0.1, 0.15) is 39.0 Å². The number of hydrazine groups is 1. The predicted octanol–water partition coefficient (Wildman–Crippen LogP) is 1.08. The van der Waals surface area contributed by atoms with E-state index >= 15 is 0 Å². The van der Waals surface area contributed by atoms with Crippen LogP contribution in [0, 0.1) is 17.8 Å². The van der Waals surface area contributed by atoms with Gasteiger partial charge in [-0.15, -0.1) is 0 Å². The van der Waals surface area contributed by atoms with Gasteiger partial charge in [0.15, 0.2) is 0 Å². The summed E-state index contributed by atoms with van der Waals surface area (Å²) < 4.78 is 22.8. The first-order chi connectivity index (χ1) is 8.05. The van der Waals surface area contributed by atoms with Crippen molar-refractivity contribution >= 4 is 9.84 Å². The molecule has 0 heterocycles. The molecule has 0 aromatic rings. The molecule has 2 fully saturated rings. The molecule has 3 unspecified atom stereocenters. The Morgan fingerprint density at radius 2 is 1.94 bits per heavy atom. The normalized spacial score (nSPS) is 33.4. The molecular formula is C12H24N2O2S. The van der Waals surface area contributed by atoms with Crippen molar-refractivity contribution in [2.75, 3.05) is 11.5 Å². The number of fused-ring (bicyclic) bond motifs is 1. The maximum atomic E-state index is 11.4. The lowest BCUT2D eigenvalue weighted by atomic mass is 9.92. The standard InChI is InChI=1S/C12H24N2O2S/c1-2-17(15,16)5-3-4-12(14-13)11-7-9-6-10(9)8-11/h9-12,14H,2-8,13H2,1H3. The van der Waals surface area contributed by atoms with E-state index in [9.17, 15) is 8.42 Å². The van der Waals surface area contributed by atoms with Gasteiger partial charge in [0.1, 0.15) is 9.84 Å². The molecule has 2 aliphatic rings. The van der Waals surface area contributed by atoms with Gasteiger partial charge in [0.2, 0.25) is 0 Å². The topological polar surface area (TPSA) is 72.2 Å². The van der Waals surface area contributed by atoms with Crippen molar-refractivity contribution in [2.45, 2.75) is 45.1 Å². The molecule has 5 heteroatoms. The van der Waals surface area contributed by atoms with E-state index in [1.54, 1.807) is 6.92 Å². The van der Waals surface area contributed by atoms with Crippen LogP contribution in [0.25, 0.3) is 0 Å². The molecule has 0 amide bonds. The third-order valence-corrected chi connectivity index (χ3v) is 6.26. The Morgan fingerprint density at radius 1 is 1.29 bits per heavy atom. The van der Waals surface area contributed by atoms with Crippen molar-refractivity contribution in [1.82, 2.24) is 5.43 Å². The fourth-order valence-electron chi connectivity index (χ4n) is 3.21. The van der Waals surface area contributed by atoms with E-state index in [1.807, 2.05) is 0 Å². The molecule has 2 rings (SSSR count). The first-order valence-corrected chi connectivity index (χ1v) is 8.54. The number of hydrogen-bond donors (Lipinski definition) is 2. The van der Waals surface area contributed by atoms with E-state index in [2.05, 4.69) is 5.43 Å². The van der Waals surface area contributed by atoms with Crippen molar-refractivity contribution in [3.05, 3.63) is 0 Å². The van der Waals surface area contributed by atoms with Crippen molar-refractivity contribution in [3.63, 3.8) is 0 Å². The van der Waals surface area contributed by atoms with Gasteiger partial charge in [-0.2, -0.15) is 0 Å². The molecule has 0 aliphatic heterocycles. The highest BCUT2D eigenvalue weighted by molar-refractivity contribution is 7.91. The lowest BCUT2D eigenvalue weighted by Gasteiger charge is -2.23. The zero-order valence-corrected chi connectivity index (χ0v) is 11.4. The molecule has 0 aromatic heterocycles. The minimum Gasteiger partial charge on any atom is -0.271 e. The average molecular weight is 260 g/mol. The van der Waals surface area contributed by atoms with Crippen LogP contribution in [0.15, 0.2) is 0 Å². The Labute approximate surface area is 104 Å². The van der Waals surface area contributed by atoms with Gasteiger partial charge in [-0.3, -0.25) is 11.3 Å². The van der Waals surface area contributed by atoms with E-state index in [1.165, 1.54) is 19.3 Å². The first kappa shape index (κ1) is 13.3. The second-order valence-corrected chi connectivity index (χ2v) is 8.11. The highest BCUT2D eigenvalue weighted by Gasteiger charge is 2.47. The monoisotopic (exact) mass is 260 g/mol. The van der Waals surface area contributed by atoms with Crippen LogP contribution in [-0.2, 0) is 9.84 Å². The molecule has 2 aliphatic carbocycles. The van der Waals surface area contributed by atoms with Crippen LogP contribution in [0.5, 0.6) is 0 Å². The van der Waals surface area contributed by atoms with Crippen LogP contribution < -0.4 is 11.3 Å². The molecule has 3 atom stereocenters. The van der Waals surface area contributed by atoms with E-state index in [0.717, 1.165) is 24.7 Å². The van der Waals surface area contributed by atoms with Crippen LogP contribution in [0.3, 0.4) is 0 Å². The molecule has 3 N–H and O–H groups in total.